The molecule has 0 bridgehead atoms. The fraction of sp³-hybridized carbons (Fsp3) is 0.914. The van der Waals surface area contributed by atoms with Crippen molar-refractivity contribution in [2.75, 3.05) is 13.2 Å². The van der Waals surface area contributed by atoms with Crippen LogP contribution in [0.3, 0.4) is 0 Å². The first-order valence-corrected chi connectivity index (χ1v) is 28.7. The number of allylic oxidation sites excluding steroid dienone is 2. The van der Waals surface area contributed by atoms with Gasteiger partial charge in [0.15, 0.2) is 6.10 Å². The average Bonchev–Trinajstić information content (AvgIpc) is 3.29. The first kappa shape index (κ1) is 62.1. The van der Waals surface area contributed by atoms with Gasteiger partial charge < -0.3 is 14.2 Å². The molecule has 0 amide bonds. The molecule has 378 valence electrons. The van der Waals surface area contributed by atoms with Crippen LogP contribution < -0.4 is 0 Å². The van der Waals surface area contributed by atoms with Gasteiger partial charge in [-0.05, 0) is 44.9 Å². The molecule has 0 radical (unpaired) electrons. The molecule has 0 N–H and O–H groups in total. The monoisotopic (exact) mass is 903 g/mol. The van der Waals surface area contributed by atoms with E-state index in [4.69, 9.17) is 14.2 Å². The molecule has 0 saturated carbocycles. The first-order chi connectivity index (χ1) is 31.5. The highest BCUT2D eigenvalue weighted by Crippen LogP contribution is 2.17. The molecule has 0 aliphatic heterocycles. The van der Waals surface area contributed by atoms with E-state index < -0.39 is 6.10 Å². The van der Waals surface area contributed by atoms with Crippen molar-refractivity contribution in [3.05, 3.63) is 12.2 Å². The van der Waals surface area contributed by atoms with Gasteiger partial charge in [-0.3, -0.25) is 14.4 Å². The first-order valence-electron chi connectivity index (χ1n) is 28.7. The van der Waals surface area contributed by atoms with Crippen LogP contribution in [0.2, 0.25) is 0 Å². The Balaban J connectivity index is 4.30. The van der Waals surface area contributed by atoms with Gasteiger partial charge in [0.1, 0.15) is 13.2 Å². The van der Waals surface area contributed by atoms with Crippen LogP contribution in [0.15, 0.2) is 12.2 Å². The topological polar surface area (TPSA) is 78.9 Å². The van der Waals surface area contributed by atoms with Crippen LogP contribution in [0.25, 0.3) is 0 Å². The summed E-state index contributed by atoms with van der Waals surface area (Å²) < 4.78 is 16.9. The highest BCUT2D eigenvalue weighted by atomic mass is 16.6. The van der Waals surface area contributed by atoms with Crippen LogP contribution in [0, 0.1) is 0 Å². The maximum Gasteiger partial charge on any atom is 0.306 e. The van der Waals surface area contributed by atoms with Gasteiger partial charge in [0.2, 0.25) is 0 Å². The lowest BCUT2D eigenvalue weighted by molar-refractivity contribution is -0.167. The molecule has 0 rings (SSSR count). The number of unbranched alkanes of at least 4 members (excludes halogenated alkanes) is 40. The summed E-state index contributed by atoms with van der Waals surface area (Å²) in [5.74, 6) is -0.852. The third-order valence-electron chi connectivity index (χ3n) is 13.0. The van der Waals surface area contributed by atoms with E-state index in [-0.39, 0.29) is 31.1 Å². The van der Waals surface area contributed by atoms with Crippen molar-refractivity contribution in [1.82, 2.24) is 0 Å². The molecule has 6 heteroatoms. The van der Waals surface area contributed by atoms with Crippen LogP contribution >= 0.6 is 0 Å². The normalized spacial score (nSPS) is 12.0. The predicted octanol–water partition coefficient (Wildman–Crippen LogP) is 18.9. The van der Waals surface area contributed by atoms with Crippen molar-refractivity contribution < 1.29 is 28.6 Å². The van der Waals surface area contributed by atoms with Crippen LogP contribution in [-0.4, -0.2) is 37.2 Å². The lowest BCUT2D eigenvalue weighted by Gasteiger charge is -2.18. The molecule has 0 aliphatic rings. The van der Waals surface area contributed by atoms with Crippen molar-refractivity contribution in [3.63, 3.8) is 0 Å². The highest BCUT2D eigenvalue weighted by Gasteiger charge is 2.19. The Kier molecular flexibility index (Phi) is 52.2. The maximum absolute atomic E-state index is 12.8. The van der Waals surface area contributed by atoms with Gasteiger partial charge in [-0.1, -0.05) is 270 Å². The van der Waals surface area contributed by atoms with E-state index in [0.717, 1.165) is 64.2 Å². The van der Waals surface area contributed by atoms with Gasteiger partial charge in [0, 0.05) is 19.3 Å². The van der Waals surface area contributed by atoms with Gasteiger partial charge in [0.25, 0.3) is 0 Å². The molecule has 0 aromatic heterocycles. The van der Waals surface area contributed by atoms with E-state index in [1.54, 1.807) is 0 Å². The molecule has 0 saturated heterocycles. The third-order valence-corrected chi connectivity index (χ3v) is 13.0. The Morgan fingerprint density at radius 3 is 0.797 bits per heavy atom. The lowest BCUT2D eigenvalue weighted by atomic mass is 10.0. The summed E-state index contributed by atoms with van der Waals surface area (Å²) in [6.07, 6.45) is 60.5. The Bertz CT molecular complexity index is 993. The van der Waals surface area contributed by atoms with E-state index in [1.165, 1.54) is 218 Å². The largest absolute Gasteiger partial charge is 0.462 e. The summed E-state index contributed by atoms with van der Waals surface area (Å²) >= 11 is 0. The average molecular weight is 904 g/mol. The minimum absolute atomic E-state index is 0.0665. The molecule has 0 aromatic rings. The molecule has 64 heavy (non-hydrogen) atoms. The van der Waals surface area contributed by atoms with Crippen LogP contribution in [0.4, 0.5) is 0 Å². The van der Waals surface area contributed by atoms with Crippen LogP contribution in [0.1, 0.15) is 323 Å². The maximum atomic E-state index is 12.8. The number of carbonyl (C=O) groups is 3. The second kappa shape index (κ2) is 53.8. The van der Waals surface area contributed by atoms with Crippen molar-refractivity contribution in [3.8, 4) is 0 Å². The Hall–Kier alpha value is -1.85. The molecule has 0 heterocycles. The predicted molar refractivity (Wildman–Crippen MR) is 275 cm³/mol. The molecular formula is C58H110O6. The molecule has 0 aromatic carbocycles. The molecule has 0 spiro atoms. The second-order valence-electron chi connectivity index (χ2n) is 19.6. The fourth-order valence-corrected chi connectivity index (χ4v) is 8.68. The Morgan fingerprint density at radius 1 is 0.297 bits per heavy atom. The van der Waals surface area contributed by atoms with E-state index in [0.29, 0.717) is 19.3 Å². The Labute approximate surface area is 399 Å². The van der Waals surface area contributed by atoms with Gasteiger partial charge in [0.05, 0.1) is 0 Å². The highest BCUT2D eigenvalue weighted by molar-refractivity contribution is 5.71. The van der Waals surface area contributed by atoms with Crippen LogP contribution in [-0.2, 0) is 28.6 Å². The molecule has 0 aliphatic carbocycles. The fourth-order valence-electron chi connectivity index (χ4n) is 8.68. The SMILES string of the molecule is CCCCCC/C=C/CCCCCCCC(=O)OC[C@H](COC(=O)CCCCCCCCCCCCCCCCCCC)OC(=O)CCCCCCCCCCCCCCCCCC. The molecule has 1 atom stereocenters. The van der Waals surface area contributed by atoms with Gasteiger partial charge in [-0.2, -0.15) is 0 Å². The summed E-state index contributed by atoms with van der Waals surface area (Å²) in [5.41, 5.74) is 0. The quantitative estimate of drug-likeness (QED) is 0.0262. The van der Waals surface area contributed by atoms with E-state index in [9.17, 15) is 14.4 Å². The minimum Gasteiger partial charge on any atom is -0.462 e. The third kappa shape index (κ3) is 51.1. The Morgan fingerprint density at radius 2 is 0.516 bits per heavy atom. The molecular weight excluding hydrogens is 793 g/mol. The number of esters is 3. The van der Waals surface area contributed by atoms with Gasteiger partial charge >= 0.3 is 17.9 Å². The number of hydrogen-bond acceptors (Lipinski definition) is 6. The molecule has 0 fully saturated rings. The van der Waals surface area contributed by atoms with Crippen molar-refractivity contribution in [2.45, 2.75) is 329 Å². The number of rotatable bonds is 53. The second-order valence-corrected chi connectivity index (χ2v) is 19.6. The molecule has 0 unspecified atom stereocenters. The lowest BCUT2D eigenvalue weighted by Crippen LogP contribution is -2.30. The van der Waals surface area contributed by atoms with Crippen molar-refractivity contribution in [2.24, 2.45) is 0 Å². The number of carbonyl (C=O) groups excluding carboxylic acids is 3. The zero-order valence-electron chi connectivity index (χ0n) is 43.3. The summed E-state index contributed by atoms with van der Waals surface area (Å²) in [6.45, 7) is 6.67. The minimum atomic E-state index is -0.767. The summed E-state index contributed by atoms with van der Waals surface area (Å²) in [7, 11) is 0. The van der Waals surface area contributed by atoms with Crippen molar-refractivity contribution >= 4 is 17.9 Å². The zero-order chi connectivity index (χ0) is 46.5. The van der Waals surface area contributed by atoms with Crippen molar-refractivity contribution in [1.29, 1.82) is 0 Å². The number of hydrogen-bond donors (Lipinski definition) is 0. The summed E-state index contributed by atoms with van der Waals surface area (Å²) in [4.78, 5) is 38.1. The van der Waals surface area contributed by atoms with E-state index in [1.807, 2.05) is 0 Å². The van der Waals surface area contributed by atoms with E-state index in [2.05, 4.69) is 32.9 Å². The van der Waals surface area contributed by atoms with Gasteiger partial charge in [-0.25, -0.2) is 0 Å². The standard InChI is InChI=1S/C58H110O6/c1-4-7-10-13-16-19-22-25-27-29-31-33-36-39-42-45-48-51-57(60)63-54-55(53-62-56(59)50-47-44-41-38-35-32-24-21-18-15-12-9-6-3)64-58(61)52-49-46-43-40-37-34-30-28-26-23-20-17-14-11-8-5-2/h21,24,55H,4-20,22-23,25-54H2,1-3H3/b24-21+/t55-/m1/s1. The summed E-state index contributed by atoms with van der Waals surface area (Å²) in [6, 6.07) is 0. The zero-order valence-corrected chi connectivity index (χ0v) is 43.3. The summed E-state index contributed by atoms with van der Waals surface area (Å²) in [5, 5.41) is 0. The smallest absolute Gasteiger partial charge is 0.306 e. The van der Waals surface area contributed by atoms with E-state index >= 15 is 0 Å². The number of ether oxygens (including phenoxy) is 3. The van der Waals surface area contributed by atoms with Gasteiger partial charge in [-0.15, -0.1) is 0 Å². The van der Waals surface area contributed by atoms with Crippen LogP contribution in [0.5, 0.6) is 0 Å². The molecule has 6 nitrogen and oxygen atoms in total.